The Hall–Kier alpha value is -3.37. The van der Waals surface area contributed by atoms with Crippen LogP contribution in [0.4, 0.5) is 0 Å². The number of hydrogen-bond acceptors (Lipinski definition) is 7. The van der Waals surface area contributed by atoms with Gasteiger partial charge in [-0.2, -0.15) is 5.01 Å². The molecule has 166 valence electrons. The maximum Gasteiger partial charge on any atom is 0.341 e. The molecular formula is C22H20N2O6S2. The number of aliphatic carboxylic acids is 1. The van der Waals surface area contributed by atoms with Crippen LogP contribution in [0.1, 0.15) is 18.1 Å². The minimum absolute atomic E-state index is 0.118. The van der Waals surface area contributed by atoms with Gasteiger partial charge in [0.15, 0.2) is 22.4 Å². The molecule has 0 radical (unpaired) electrons. The SMILES string of the molecule is CCOc1cc(/C=C2/SC(=S)N(NC(=O)Cc3ccccc3)C2=O)ccc1OCC(=O)O. The molecule has 2 aromatic rings. The average molecular weight is 473 g/mol. The van der Waals surface area contributed by atoms with Crippen LogP contribution in [0.2, 0.25) is 0 Å². The van der Waals surface area contributed by atoms with E-state index >= 15 is 0 Å². The normalized spacial score (nSPS) is 14.5. The van der Waals surface area contributed by atoms with Gasteiger partial charge in [-0.15, -0.1) is 0 Å². The molecule has 0 aliphatic carbocycles. The molecule has 1 heterocycles. The second kappa shape index (κ2) is 10.8. The molecule has 2 amide bonds. The van der Waals surface area contributed by atoms with Crippen LogP contribution in [0.3, 0.4) is 0 Å². The highest BCUT2D eigenvalue weighted by Gasteiger charge is 2.33. The fourth-order valence-corrected chi connectivity index (χ4v) is 3.98. The quantitative estimate of drug-likeness (QED) is 0.424. The number of carbonyl (C=O) groups is 3. The number of thiocarbonyl (C=S) groups is 1. The summed E-state index contributed by atoms with van der Waals surface area (Å²) >= 11 is 6.32. The summed E-state index contributed by atoms with van der Waals surface area (Å²) in [5, 5.41) is 9.86. The van der Waals surface area contributed by atoms with Crippen molar-refractivity contribution in [3.63, 3.8) is 0 Å². The van der Waals surface area contributed by atoms with Crippen molar-refractivity contribution in [2.24, 2.45) is 0 Å². The van der Waals surface area contributed by atoms with Crippen molar-refractivity contribution in [3.8, 4) is 11.5 Å². The molecule has 1 aliphatic heterocycles. The monoisotopic (exact) mass is 472 g/mol. The zero-order valence-electron chi connectivity index (χ0n) is 17.1. The molecule has 3 rings (SSSR count). The van der Waals surface area contributed by atoms with Gasteiger partial charge < -0.3 is 14.6 Å². The number of thioether (sulfide) groups is 1. The summed E-state index contributed by atoms with van der Waals surface area (Å²) in [5.41, 5.74) is 4.00. The van der Waals surface area contributed by atoms with Crippen LogP contribution < -0.4 is 14.9 Å². The number of hydrazine groups is 1. The molecule has 0 unspecified atom stereocenters. The van der Waals surface area contributed by atoms with Crippen LogP contribution >= 0.6 is 24.0 Å². The van der Waals surface area contributed by atoms with Gasteiger partial charge in [0, 0.05) is 0 Å². The molecule has 0 saturated carbocycles. The Morgan fingerprint density at radius 3 is 2.59 bits per heavy atom. The van der Waals surface area contributed by atoms with Crippen LogP contribution in [-0.2, 0) is 20.8 Å². The largest absolute Gasteiger partial charge is 0.490 e. The van der Waals surface area contributed by atoms with E-state index in [9.17, 15) is 14.4 Å². The predicted molar refractivity (Wildman–Crippen MR) is 124 cm³/mol. The summed E-state index contributed by atoms with van der Waals surface area (Å²) in [5.74, 6) is -1.26. The number of ether oxygens (including phenoxy) is 2. The molecule has 0 aromatic heterocycles. The number of hydrogen-bond donors (Lipinski definition) is 2. The van der Waals surface area contributed by atoms with Gasteiger partial charge in [0.1, 0.15) is 0 Å². The minimum atomic E-state index is -1.10. The van der Waals surface area contributed by atoms with Gasteiger partial charge in [-0.05, 0) is 48.5 Å². The molecule has 1 fully saturated rings. The lowest BCUT2D eigenvalue weighted by atomic mass is 10.1. The smallest absolute Gasteiger partial charge is 0.341 e. The predicted octanol–water partition coefficient (Wildman–Crippen LogP) is 3.02. The summed E-state index contributed by atoms with van der Waals surface area (Å²) in [6.07, 6.45) is 1.73. The second-order valence-electron chi connectivity index (χ2n) is 6.54. The van der Waals surface area contributed by atoms with E-state index in [0.29, 0.717) is 22.8 Å². The molecule has 1 saturated heterocycles. The van der Waals surface area contributed by atoms with Gasteiger partial charge in [-0.1, -0.05) is 48.2 Å². The van der Waals surface area contributed by atoms with Crippen LogP contribution in [0.25, 0.3) is 6.08 Å². The van der Waals surface area contributed by atoms with Gasteiger partial charge in [0.2, 0.25) is 5.91 Å². The van der Waals surface area contributed by atoms with E-state index in [1.54, 1.807) is 31.2 Å². The van der Waals surface area contributed by atoms with E-state index in [0.717, 1.165) is 22.3 Å². The lowest BCUT2D eigenvalue weighted by molar-refractivity contribution is -0.139. The molecular weight excluding hydrogens is 452 g/mol. The fourth-order valence-electron chi connectivity index (χ4n) is 2.80. The van der Waals surface area contributed by atoms with Gasteiger partial charge >= 0.3 is 5.97 Å². The highest BCUT2D eigenvalue weighted by molar-refractivity contribution is 8.26. The van der Waals surface area contributed by atoms with Crippen LogP contribution in [0.15, 0.2) is 53.4 Å². The van der Waals surface area contributed by atoms with Crippen molar-refractivity contribution >= 4 is 52.2 Å². The van der Waals surface area contributed by atoms with E-state index in [4.69, 9.17) is 26.8 Å². The number of rotatable bonds is 9. The highest BCUT2D eigenvalue weighted by atomic mass is 32.2. The zero-order chi connectivity index (χ0) is 23.1. The number of nitrogens with zero attached hydrogens (tertiary/aromatic N) is 1. The molecule has 8 nitrogen and oxygen atoms in total. The Kier molecular flexibility index (Phi) is 7.85. The second-order valence-corrected chi connectivity index (χ2v) is 8.21. The van der Waals surface area contributed by atoms with Crippen LogP contribution in [-0.4, -0.2) is 45.4 Å². The lowest BCUT2D eigenvalue weighted by Gasteiger charge is -2.15. The molecule has 0 spiro atoms. The minimum Gasteiger partial charge on any atom is -0.490 e. The van der Waals surface area contributed by atoms with Crippen molar-refractivity contribution in [1.29, 1.82) is 0 Å². The molecule has 2 aromatic carbocycles. The number of nitrogens with one attached hydrogen (secondary N) is 1. The highest BCUT2D eigenvalue weighted by Crippen LogP contribution is 2.34. The van der Waals surface area contributed by atoms with Crippen molar-refractivity contribution in [3.05, 3.63) is 64.6 Å². The van der Waals surface area contributed by atoms with Crippen molar-refractivity contribution in [1.82, 2.24) is 10.4 Å². The lowest BCUT2D eigenvalue weighted by Crippen LogP contribution is -2.45. The number of carboxylic acid groups (broad SMARTS) is 1. The summed E-state index contributed by atoms with van der Waals surface area (Å²) in [6.45, 7) is 1.64. The Bertz CT molecular complexity index is 1070. The fraction of sp³-hybridized carbons (Fsp3) is 0.182. The van der Waals surface area contributed by atoms with Crippen LogP contribution in [0, 0.1) is 0 Å². The first-order chi connectivity index (χ1) is 15.4. The molecule has 0 atom stereocenters. The molecule has 32 heavy (non-hydrogen) atoms. The number of carboxylic acids is 1. The zero-order valence-corrected chi connectivity index (χ0v) is 18.7. The van der Waals surface area contributed by atoms with Gasteiger partial charge in [0.05, 0.1) is 17.9 Å². The Balaban J connectivity index is 1.72. The molecule has 2 N–H and O–H groups in total. The number of benzene rings is 2. The first-order valence-electron chi connectivity index (χ1n) is 9.60. The molecule has 1 aliphatic rings. The summed E-state index contributed by atoms with van der Waals surface area (Å²) < 4.78 is 11.0. The van der Waals surface area contributed by atoms with Crippen LogP contribution in [0.5, 0.6) is 11.5 Å². The van der Waals surface area contributed by atoms with Crippen molar-refractivity contribution in [2.45, 2.75) is 13.3 Å². The summed E-state index contributed by atoms with van der Waals surface area (Å²) in [4.78, 5) is 36.2. The first-order valence-corrected chi connectivity index (χ1v) is 10.8. The Morgan fingerprint density at radius 2 is 1.91 bits per heavy atom. The standard InChI is InChI=1S/C22H20N2O6S2/c1-2-29-17-10-15(8-9-16(17)30-13-20(26)27)11-18-21(28)24(22(31)32-18)23-19(25)12-14-6-4-3-5-7-14/h3-11H,2,12-13H2,1H3,(H,23,25)(H,26,27)/b18-11+. The van der Waals surface area contributed by atoms with Gasteiger partial charge in [-0.3, -0.25) is 15.0 Å². The maximum atomic E-state index is 12.8. The van der Waals surface area contributed by atoms with Crippen molar-refractivity contribution in [2.75, 3.05) is 13.2 Å². The third-order valence-corrected chi connectivity index (χ3v) is 5.46. The van der Waals surface area contributed by atoms with Crippen molar-refractivity contribution < 1.29 is 29.0 Å². The Labute approximate surface area is 194 Å². The van der Waals surface area contributed by atoms with E-state index in [-0.39, 0.29) is 22.4 Å². The number of carbonyl (C=O) groups excluding carboxylic acids is 2. The maximum absolute atomic E-state index is 12.8. The topological polar surface area (TPSA) is 105 Å². The van der Waals surface area contributed by atoms with E-state index in [2.05, 4.69) is 5.43 Å². The third-order valence-electron chi connectivity index (χ3n) is 4.15. The number of amides is 2. The van der Waals surface area contributed by atoms with Gasteiger partial charge in [-0.25, -0.2) is 4.79 Å². The molecule has 10 heteroatoms. The van der Waals surface area contributed by atoms with E-state index < -0.39 is 18.5 Å². The average Bonchev–Trinajstić information content (AvgIpc) is 3.01. The summed E-state index contributed by atoms with van der Waals surface area (Å²) in [7, 11) is 0. The van der Waals surface area contributed by atoms with E-state index in [1.807, 2.05) is 30.3 Å². The third kappa shape index (κ3) is 6.08. The summed E-state index contributed by atoms with van der Waals surface area (Å²) in [6, 6.07) is 14.0. The first kappa shape index (κ1) is 23.3. The van der Waals surface area contributed by atoms with E-state index in [1.165, 1.54) is 0 Å². The molecule has 0 bridgehead atoms. The Morgan fingerprint density at radius 1 is 1.16 bits per heavy atom. The van der Waals surface area contributed by atoms with Gasteiger partial charge in [0.25, 0.3) is 5.91 Å².